The molecule has 1 aromatic carbocycles. The van der Waals surface area contributed by atoms with Crippen LogP contribution >= 0.6 is 0 Å². The molecule has 196 valence electrons. The zero-order chi connectivity index (χ0) is 26.8. The molecule has 2 aliphatic rings. The lowest BCUT2D eigenvalue weighted by Crippen LogP contribution is -2.67. The number of phenols is 2. The van der Waals surface area contributed by atoms with E-state index >= 15 is 0 Å². The summed E-state index contributed by atoms with van der Waals surface area (Å²) in [7, 11) is -3.49. The zero-order valence-corrected chi connectivity index (χ0v) is 19.9. The monoisotopic (exact) mass is 528 g/mol. The van der Waals surface area contributed by atoms with Gasteiger partial charge >= 0.3 is 12.1 Å². The third-order valence-corrected chi connectivity index (χ3v) is 7.03. The summed E-state index contributed by atoms with van der Waals surface area (Å²) in [5, 5.41) is 32.8. The number of nitrogens with zero attached hydrogens (tertiary/aromatic N) is 2. The number of hydrazine groups is 1. The van der Waals surface area contributed by atoms with E-state index in [0.29, 0.717) is 0 Å². The van der Waals surface area contributed by atoms with E-state index in [1.54, 1.807) is 6.92 Å². The van der Waals surface area contributed by atoms with Crippen molar-refractivity contribution in [3.05, 3.63) is 23.8 Å². The number of β-lactam (4-membered cyclic amide) rings is 1. The van der Waals surface area contributed by atoms with E-state index < -0.39 is 75.6 Å². The molecule has 1 aromatic rings. The van der Waals surface area contributed by atoms with Crippen LogP contribution in [0.3, 0.4) is 0 Å². The van der Waals surface area contributed by atoms with Gasteiger partial charge in [-0.3, -0.25) is 15.0 Å². The van der Waals surface area contributed by atoms with Crippen LogP contribution in [0.15, 0.2) is 23.4 Å². The van der Waals surface area contributed by atoms with E-state index in [2.05, 4.69) is 5.16 Å². The first-order chi connectivity index (χ1) is 16.9. The van der Waals surface area contributed by atoms with Crippen molar-refractivity contribution in [1.82, 2.24) is 15.8 Å². The molecule has 36 heavy (non-hydrogen) atoms. The van der Waals surface area contributed by atoms with Gasteiger partial charge in [0.15, 0.2) is 28.2 Å². The minimum Gasteiger partial charge on any atom is -0.504 e. The number of oxime groups is 1. The molecule has 3 rings (SSSR count). The number of rotatable bonds is 8. The molecule has 4 atom stereocenters. The van der Waals surface area contributed by atoms with E-state index in [1.165, 1.54) is 18.2 Å². The molecule has 16 heteroatoms. The van der Waals surface area contributed by atoms with Gasteiger partial charge < -0.3 is 29.8 Å². The van der Waals surface area contributed by atoms with E-state index in [4.69, 9.17) is 9.57 Å². The van der Waals surface area contributed by atoms with Crippen molar-refractivity contribution in [3.8, 4) is 11.5 Å². The van der Waals surface area contributed by atoms with Crippen molar-refractivity contribution < 1.29 is 52.5 Å². The molecule has 0 saturated carbocycles. The molecule has 1 unspecified atom stereocenters. The minimum absolute atomic E-state index is 0.0581. The molecule has 15 nitrogen and oxygen atoms in total. The molecule has 0 aliphatic carbocycles. The average Bonchev–Trinajstić information content (AvgIpc) is 3.31. The first-order valence-corrected chi connectivity index (χ1v) is 11.7. The van der Waals surface area contributed by atoms with Gasteiger partial charge in [0, 0.05) is 24.4 Å². The number of para-hydroxylation sites is 1. The molecular formula is C20H24N4O11S. The van der Waals surface area contributed by atoms with Gasteiger partial charge in [-0.2, -0.15) is 0 Å². The summed E-state index contributed by atoms with van der Waals surface area (Å²) in [6.45, 7) is 1.66. The van der Waals surface area contributed by atoms with Crippen LogP contribution in [0, 0.1) is 0 Å². The van der Waals surface area contributed by atoms with Crippen LogP contribution in [0.25, 0.3) is 0 Å². The Morgan fingerprint density at radius 1 is 1.28 bits per heavy atom. The Balaban J connectivity index is 1.56. The zero-order valence-electron chi connectivity index (χ0n) is 19.0. The maximum absolute atomic E-state index is 12.3. The number of aromatic hydroxyl groups is 2. The largest absolute Gasteiger partial charge is 0.504 e. The number of aliphatic carboxylic acids is 1. The smallest absolute Gasteiger partial charge is 0.426 e. The quantitative estimate of drug-likeness (QED) is 0.102. The fourth-order valence-corrected chi connectivity index (χ4v) is 4.39. The molecule has 3 amide bonds. The average molecular weight is 528 g/mol. The van der Waals surface area contributed by atoms with Gasteiger partial charge in [-0.15, -0.1) is 0 Å². The normalized spacial score (nSPS) is 21.5. The first kappa shape index (κ1) is 26.5. The van der Waals surface area contributed by atoms with Crippen molar-refractivity contribution in [1.29, 1.82) is 0 Å². The Kier molecular flexibility index (Phi) is 7.57. The summed E-state index contributed by atoms with van der Waals surface area (Å²) in [6.07, 6.45) is -2.57. The highest BCUT2D eigenvalue weighted by Gasteiger charge is 2.53. The van der Waals surface area contributed by atoms with Crippen LogP contribution in [0.4, 0.5) is 4.79 Å². The van der Waals surface area contributed by atoms with E-state index in [0.717, 1.165) is 11.8 Å². The summed E-state index contributed by atoms with van der Waals surface area (Å²) in [4.78, 5) is 54.0. The van der Waals surface area contributed by atoms with Crippen LogP contribution in [0.1, 0.15) is 32.3 Å². The van der Waals surface area contributed by atoms with Crippen LogP contribution in [-0.4, -0.2) is 87.8 Å². The number of amides is 3. The predicted octanol–water partition coefficient (Wildman–Crippen LogP) is -1.21. The molecule has 5 N–H and O–H groups in total. The molecule has 0 spiro atoms. The number of hydrogen-bond acceptors (Lipinski definition) is 11. The second-order valence-electron chi connectivity index (χ2n) is 8.41. The predicted molar refractivity (Wildman–Crippen MR) is 119 cm³/mol. The third-order valence-electron chi connectivity index (χ3n) is 5.82. The number of carboxylic acids is 1. The Morgan fingerprint density at radius 2 is 1.97 bits per heavy atom. The fourth-order valence-electron chi connectivity index (χ4n) is 3.79. The van der Waals surface area contributed by atoms with Crippen LogP contribution in [0.5, 0.6) is 11.5 Å². The number of hydrogen-bond donors (Lipinski definition) is 6. The highest BCUT2D eigenvalue weighted by Crippen LogP contribution is 2.32. The fraction of sp³-hybridized carbons (Fsp3) is 0.450. The Bertz CT molecular complexity index is 1190. The number of phenolic OH excluding ortho intramolecular Hbond substituents is 2. The molecule has 2 heterocycles. The second-order valence-corrected chi connectivity index (χ2v) is 9.94. The van der Waals surface area contributed by atoms with Gasteiger partial charge in [-0.25, -0.2) is 23.4 Å². The minimum atomic E-state index is -3.49. The van der Waals surface area contributed by atoms with E-state index in [9.17, 15) is 42.9 Å². The van der Waals surface area contributed by atoms with Gasteiger partial charge in [-0.1, -0.05) is 11.2 Å². The van der Waals surface area contributed by atoms with Gasteiger partial charge in [0.2, 0.25) is 12.0 Å². The van der Waals surface area contributed by atoms with Crippen LogP contribution in [-0.2, 0) is 34.7 Å². The number of nitrogens with one attached hydrogen (secondary N) is 2. The molecule has 1 fully saturated rings. The summed E-state index contributed by atoms with van der Waals surface area (Å²) in [5.41, 5.74) is 4.18. The van der Waals surface area contributed by atoms with E-state index in [-0.39, 0.29) is 24.1 Å². The molecular weight excluding hydrogens is 504 g/mol. The lowest BCUT2D eigenvalue weighted by molar-refractivity contribution is -0.163. The number of carbonyl (C=O) groups is 4. The molecule has 0 radical (unpaired) electrons. The molecule has 0 aromatic heterocycles. The van der Waals surface area contributed by atoms with Crippen molar-refractivity contribution in [2.45, 2.75) is 49.6 Å². The van der Waals surface area contributed by atoms with Crippen molar-refractivity contribution in [2.24, 2.45) is 5.16 Å². The second kappa shape index (κ2) is 10.3. The van der Waals surface area contributed by atoms with E-state index in [1.807, 2.05) is 10.9 Å². The Hall–Kier alpha value is -4.08. The van der Waals surface area contributed by atoms with Crippen molar-refractivity contribution in [2.75, 3.05) is 6.61 Å². The van der Waals surface area contributed by atoms with Gasteiger partial charge in [0.05, 0.1) is 5.71 Å². The number of benzene rings is 1. The topological polar surface area (TPSA) is 221 Å². The number of thiol groups is 1. The van der Waals surface area contributed by atoms with Crippen molar-refractivity contribution in [3.63, 3.8) is 0 Å². The van der Waals surface area contributed by atoms with Crippen LogP contribution in [0.2, 0.25) is 0 Å². The number of likely N-dealkylation sites (tertiary alicyclic amines) is 1. The van der Waals surface area contributed by atoms with Gasteiger partial charge in [-0.05, 0) is 26.0 Å². The van der Waals surface area contributed by atoms with Crippen LogP contribution < -0.4 is 10.9 Å². The lowest BCUT2D eigenvalue weighted by atomic mass is 9.92. The molecule has 0 bridgehead atoms. The van der Waals surface area contributed by atoms with Gasteiger partial charge in [0.25, 0.3) is 5.91 Å². The first-order valence-electron chi connectivity index (χ1n) is 10.5. The number of carboxylic acid groups (broad SMARTS) is 1. The third kappa shape index (κ3) is 5.12. The lowest BCUT2D eigenvalue weighted by Gasteiger charge is -2.46. The summed E-state index contributed by atoms with van der Waals surface area (Å²) >= 11 is 0. The highest BCUT2D eigenvalue weighted by molar-refractivity contribution is 7.74. The Morgan fingerprint density at radius 3 is 2.56 bits per heavy atom. The summed E-state index contributed by atoms with van der Waals surface area (Å²) in [6, 6.07) is 1.84. The molecule has 2 aliphatic heterocycles. The maximum atomic E-state index is 12.3. The Labute approximate surface area is 205 Å². The summed E-state index contributed by atoms with van der Waals surface area (Å²) in [5.74, 6) is -3.84. The number of carbonyl (C=O) groups excluding carboxylic acids is 3. The SMILES string of the molecule is C[C@@H]1CC(=O)N1[C@@H](C(=O)O)[C@](C)(COC(=O)NNC(=O)C1CC(c2cccc(O)c2O)=NO1)[SH](=O)=O. The van der Waals surface area contributed by atoms with Crippen molar-refractivity contribution >= 4 is 40.3 Å². The highest BCUT2D eigenvalue weighted by atomic mass is 32.2. The summed E-state index contributed by atoms with van der Waals surface area (Å²) < 4.78 is 26.6. The molecule has 1 saturated heterocycles. The maximum Gasteiger partial charge on any atom is 0.426 e. The number of ether oxygens (including phenoxy) is 1. The standard InChI is InChI=1S/C20H24N4O11S/c1-9-6-14(26)24(9)16(18(29)30)20(2,36(32)33)8-34-19(31)22-21-17(28)13-7-11(23-35-13)10-4-3-5-12(25)15(10)27/h3-5,9,13,16,25,27,36H,6-8H2,1-2H3,(H,21,28)(H,22,31)(H,29,30)/t9-,13?,16+,20+/m1/s1. The van der Waals surface area contributed by atoms with Gasteiger partial charge in [0.1, 0.15) is 11.4 Å².